The second-order valence-electron chi connectivity index (χ2n) is 4.81. The van der Waals surface area contributed by atoms with Gasteiger partial charge in [0.2, 0.25) is 11.1 Å². The molecule has 0 saturated carbocycles. The zero-order valence-corrected chi connectivity index (χ0v) is 13.0. The van der Waals surface area contributed by atoms with Crippen LogP contribution in [0.5, 0.6) is 0 Å². The Morgan fingerprint density at radius 1 is 1.45 bits per heavy atom. The number of amides is 1. The number of hydrogen-bond donors (Lipinski definition) is 1. The van der Waals surface area contributed by atoms with Crippen molar-refractivity contribution in [3.8, 4) is 0 Å². The highest BCUT2D eigenvalue weighted by Crippen LogP contribution is 2.15. The molecule has 2 aromatic heterocycles. The number of aromatic nitrogens is 4. The molecule has 0 bridgehead atoms. The fourth-order valence-corrected chi connectivity index (χ4v) is 2.39. The molecule has 0 fully saturated rings. The zero-order chi connectivity index (χ0) is 14.7. The van der Waals surface area contributed by atoms with Crippen LogP contribution in [0.15, 0.2) is 11.2 Å². The van der Waals surface area contributed by atoms with Crippen LogP contribution in [0.25, 0.3) is 5.78 Å². The molecule has 1 amide bonds. The molecule has 0 aliphatic heterocycles. The molecule has 2 rings (SSSR count). The van der Waals surface area contributed by atoms with E-state index in [1.54, 1.807) is 4.52 Å². The Bertz CT molecular complexity index is 624. The number of fused-ring (bicyclic) bond motifs is 1. The summed E-state index contributed by atoms with van der Waals surface area (Å²) < 4.78 is 1.70. The SMILES string of the molecule is CCC(C)NC(=O)CSc1nc2nc(C)cc(C)n2n1. The predicted molar refractivity (Wildman–Crippen MR) is 78.9 cm³/mol. The lowest BCUT2D eigenvalue weighted by Gasteiger charge is -2.09. The number of carbonyl (C=O) groups is 1. The summed E-state index contributed by atoms with van der Waals surface area (Å²) in [4.78, 5) is 20.4. The highest BCUT2D eigenvalue weighted by molar-refractivity contribution is 7.99. The maximum atomic E-state index is 11.7. The van der Waals surface area contributed by atoms with Gasteiger partial charge in [0.05, 0.1) is 5.75 Å². The van der Waals surface area contributed by atoms with Crippen LogP contribution in [-0.4, -0.2) is 37.3 Å². The van der Waals surface area contributed by atoms with Gasteiger partial charge in [-0.05, 0) is 33.3 Å². The van der Waals surface area contributed by atoms with E-state index in [0.29, 0.717) is 16.7 Å². The number of nitrogens with zero attached hydrogens (tertiary/aromatic N) is 4. The molecule has 0 saturated heterocycles. The van der Waals surface area contributed by atoms with Crippen LogP contribution in [0, 0.1) is 13.8 Å². The number of nitrogens with one attached hydrogen (secondary N) is 1. The summed E-state index contributed by atoms with van der Waals surface area (Å²) in [6.07, 6.45) is 0.922. The van der Waals surface area contributed by atoms with Crippen molar-refractivity contribution in [2.45, 2.75) is 45.3 Å². The third-order valence-electron chi connectivity index (χ3n) is 2.95. The number of aryl methyl sites for hydroxylation is 2. The van der Waals surface area contributed by atoms with E-state index in [0.717, 1.165) is 17.8 Å². The Morgan fingerprint density at radius 2 is 2.20 bits per heavy atom. The summed E-state index contributed by atoms with van der Waals surface area (Å²) in [6, 6.07) is 2.15. The van der Waals surface area contributed by atoms with E-state index in [1.165, 1.54) is 11.8 Å². The average molecular weight is 293 g/mol. The number of carbonyl (C=O) groups excluding carboxylic acids is 1. The van der Waals surface area contributed by atoms with Crippen LogP contribution < -0.4 is 5.32 Å². The summed E-state index contributed by atoms with van der Waals surface area (Å²) >= 11 is 1.33. The fourth-order valence-electron chi connectivity index (χ4n) is 1.76. The third kappa shape index (κ3) is 3.47. The van der Waals surface area contributed by atoms with E-state index in [9.17, 15) is 4.79 Å². The van der Waals surface area contributed by atoms with Crippen LogP contribution in [0.1, 0.15) is 31.7 Å². The van der Waals surface area contributed by atoms with Gasteiger partial charge in [-0.2, -0.15) is 4.98 Å². The Balaban J connectivity index is 2.04. The molecule has 1 unspecified atom stereocenters. The largest absolute Gasteiger partial charge is 0.353 e. The van der Waals surface area contributed by atoms with Crippen molar-refractivity contribution in [1.82, 2.24) is 24.9 Å². The molecule has 1 N–H and O–H groups in total. The van der Waals surface area contributed by atoms with E-state index >= 15 is 0 Å². The molecule has 20 heavy (non-hydrogen) atoms. The Kier molecular flexibility index (Phi) is 4.59. The number of rotatable bonds is 5. The first kappa shape index (κ1) is 14.8. The summed E-state index contributed by atoms with van der Waals surface area (Å²) in [6.45, 7) is 7.91. The summed E-state index contributed by atoms with van der Waals surface area (Å²) in [5.74, 6) is 0.899. The van der Waals surface area contributed by atoms with Gasteiger partial charge in [0.15, 0.2) is 0 Å². The minimum Gasteiger partial charge on any atom is -0.353 e. The molecule has 1 atom stereocenters. The molecule has 7 heteroatoms. The Morgan fingerprint density at radius 3 is 2.90 bits per heavy atom. The topological polar surface area (TPSA) is 72.2 Å². The van der Waals surface area contributed by atoms with Crippen molar-refractivity contribution in [2.24, 2.45) is 0 Å². The van der Waals surface area contributed by atoms with Crippen molar-refractivity contribution in [1.29, 1.82) is 0 Å². The lowest BCUT2D eigenvalue weighted by atomic mass is 10.3. The minimum atomic E-state index is 0.00377. The predicted octanol–water partition coefficient (Wildman–Crippen LogP) is 1.75. The second-order valence-corrected chi connectivity index (χ2v) is 5.75. The maximum Gasteiger partial charge on any atom is 0.253 e. The molecular formula is C13H19N5OS. The van der Waals surface area contributed by atoms with Crippen molar-refractivity contribution in [3.05, 3.63) is 17.5 Å². The molecule has 0 aliphatic carbocycles. The van der Waals surface area contributed by atoms with E-state index in [4.69, 9.17) is 0 Å². The molecular weight excluding hydrogens is 274 g/mol. The normalized spacial score (nSPS) is 12.6. The molecule has 2 heterocycles. The van der Waals surface area contributed by atoms with Crippen molar-refractivity contribution in [3.63, 3.8) is 0 Å². The molecule has 6 nitrogen and oxygen atoms in total. The van der Waals surface area contributed by atoms with Crippen LogP contribution in [0.3, 0.4) is 0 Å². The minimum absolute atomic E-state index is 0.00377. The highest BCUT2D eigenvalue weighted by Gasteiger charge is 2.11. The van der Waals surface area contributed by atoms with Crippen LogP contribution >= 0.6 is 11.8 Å². The summed E-state index contributed by atoms with van der Waals surface area (Å²) in [7, 11) is 0. The van der Waals surface area contributed by atoms with Gasteiger partial charge in [-0.15, -0.1) is 5.10 Å². The maximum absolute atomic E-state index is 11.7. The van der Waals surface area contributed by atoms with Gasteiger partial charge in [-0.25, -0.2) is 9.50 Å². The van der Waals surface area contributed by atoms with Gasteiger partial charge in [0.1, 0.15) is 0 Å². The Hall–Kier alpha value is -1.63. The Labute approximate surface area is 122 Å². The van der Waals surface area contributed by atoms with E-state index in [-0.39, 0.29) is 11.9 Å². The monoisotopic (exact) mass is 293 g/mol. The molecule has 108 valence electrons. The van der Waals surface area contributed by atoms with E-state index in [1.807, 2.05) is 33.8 Å². The molecule has 0 spiro atoms. The number of thioether (sulfide) groups is 1. The van der Waals surface area contributed by atoms with Gasteiger partial charge in [0, 0.05) is 17.4 Å². The first-order chi connectivity index (χ1) is 9.49. The van der Waals surface area contributed by atoms with Crippen molar-refractivity contribution < 1.29 is 4.79 Å². The highest BCUT2D eigenvalue weighted by atomic mass is 32.2. The molecule has 0 aromatic carbocycles. The van der Waals surface area contributed by atoms with Gasteiger partial charge in [-0.3, -0.25) is 4.79 Å². The molecule has 0 radical (unpaired) electrons. The quantitative estimate of drug-likeness (QED) is 0.850. The van der Waals surface area contributed by atoms with Crippen LogP contribution in [0.2, 0.25) is 0 Å². The van der Waals surface area contributed by atoms with Crippen LogP contribution in [0.4, 0.5) is 0 Å². The average Bonchev–Trinajstić information content (AvgIpc) is 2.79. The summed E-state index contributed by atoms with van der Waals surface area (Å²) in [5.41, 5.74) is 1.89. The zero-order valence-electron chi connectivity index (χ0n) is 12.2. The van der Waals surface area contributed by atoms with Gasteiger partial charge >= 0.3 is 0 Å². The molecule has 0 aliphatic rings. The van der Waals surface area contributed by atoms with Crippen molar-refractivity contribution >= 4 is 23.4 Å². The first-order valence-corrected chi connectivity index (χ1v) is 7.61. The van der Waals surface area contributed by atoms with Crippen LogP contribution in [-0.2, 0) is 4.79 Å². The lowest BCUT2D eigenvalue weighted by Crippen LogP contribution is -2.33. The van der Waals surface area contributed by atoms with E-state index < -0.39 is 0 Å². The first-order valence-electron chi connectivity index (χ1n) is 6.62. The third-order valence-corrected chi connectivity index (χ3v) is 3.79. The standard InChI is InChI=1S/C13H19N5OS/c1-5-8(2)14-11(19)7-20-13-16-12-15-9(3)6-10(4)18(12)17-13/h6,8H,5,7H2,1-4H3,(H,14,19). The smallest absolute Gasteiger partial charge is 0.253 e. The molecule has 2 aromatic rings. The fraction of sp³-hybridized carbons (Fsp3) is 0.538. The second kappa shape index (κ2) is 6.21. The van der Waals surface area contributed by atoms with Gasteiger partial charge in [0.25, 0.3) is 5.78 Å². The lowest BCUT2D eigenvalue weighted by molar-refractivity contribution is -0.119. The van der Waals surface area contributed by atoms with Gasteiger partial charge in [-0.1, -0.05) is 18.7 Å². The van der Waals surface area contributed by atoms with Crippen molar-refractivity contribution in [2.75, 3.05) is 5.75 Å². The van der Waals surface area contributed by atoms with E-state index in [2.05, 4.69) is 20.4 Å². The number of hydrogen-bond acceptors (Lipinski definition) is 5. The van der Waals surface area contributed by atoms with Gasteiger partial charge < -0.3 is 5.32 Å². The summed E-state index contributed by atoms with van der Waals surface area (Å²) in [5, 5.41) is 7.84.